The number of rotatable bonds is 1. The summed E-state index contributed by atoms with van der Waals surface area (Å²) in [4.78, 5) is 4.10. The topological polar surface area (TPSA) is 38.9 Å². The number of hydrogen-bond donors (Lipinski definition) is 1. The number of anilines is 1. The molecule has 1 aromatic rings. The van der Waals surface area contributed by atoms with E-state index in [1.165, 1.54) is 32.1 Å². The van der Waals surface area contributed by atoms with Crippen LogP contribution >= 0.6 is 11.6 Å². The first kappa shape index (κ1) is 9.78. The van der Waals surface area contributed by atoms with Crippen LogP contribution < -0.4 is 5.73 Å². The Morgan fingerprint density at radius 3 is 2.64 bits per heavy atom. The maximum Gasteiger partial charge on any atom is 0.134 e. The highest BCUT2D eigenvalue weighted by Gasteiger charge is 2.20. The van der Waals surface area contributed by atoms with Gasteiger partial charge in [0, 0.05) is 17.4 Å². The van der Waals surface area contributed by atoms with Crippen molar-refractivity contribution in [1.82, 2.24) is 4.98 Å². The van der Waals surface area contributed by atoms with Crippen molar-refractivity contribution in [2.75, 3.05) is 5.73 Å². The average molecular weight is 211 g/mol. The van der Waals surface area contributed by atoms with Gasteiger partial charge in [0.25, 0.3) is 0 Å². The number of halogens is 1. The van der Waals surface area contributed by atoms with Crippen LogP contribution in [0.25, 0.3) is 0 Å². The van der Waals surface area contributed by atoms with E-state index in [4.69, 9.17) is 17.3 Å². The molecule has 1 fully saturated rings. The number of nitrogens with zero attached hydrogens (tertiary/aromatic N) is 1. The van der Waals surface area contributed by atoms with Crippen molar-refractivity contribution in [3.8, 4) is 0 Å². The fourth-order valence-electron chi connectivity index (χ4n) is 2.26. The van der Waals surface area contributed by atoms with Crippen LogP contribution in [0, 0.1) is 0 Å². The molecule has 3 heteroatoms. The van der Waals surface area contributed by atoms with Crippen LogP contribution in [0.1, 0.15) is 43.6 Å². The van der Waals surface area contributed by atoms with Gasteiger partial charge in [0.1, 0.15) is 5.15 Å². The summed E-state index contributed by atoms with van der Waals surface area (Å²) >= 11 is 6.07. The number of nitrogen functional groups attached to an aromatic ring is 1. The Bertz CT molecular complexity index is 299. The molecule has 0 unspecified atom stereocenters. The minimum Gasteiger partial charge on any atom is -0.398 e. The molecule has 76 valence electrons. The van der Waals surface area contributed by atoms with Gasteiger partial charge in [-0.25, -0.2) is 4.98 Å². The van der Waals surface area contributed by atoms with Crippen molar-refractivity contribution in [2.24, 2.45) is 0 Å². The standard InChI is InChI=1S/C11H15ClN2/c12-11-10(9(13)6-7-14-11)8-4-2-1-3-5-8/h6-8H,1-5H2,(H2,13,14). The van der Waals surface area contributed by atoms with Gasteiger partial charge in [-0.1, -0.05) is 30.9 Å². The number of nitrogens with two attached hydrogens (primary N) is 1. The van der Waals surface area contributed by atoms with Gasteiger partial charge in [0.2, 0.25) is 0 Å². The monoisotopic (exact) mass is 210 g/mol. The summed E-state index contributed by atoms with van der Waals surface area (Å²) < 4.78 is 0. The van der Waals surface area contributed by atoms with Crippen LogP contribution in [0.15, 0.2) is 12.3 Å². The Hall–Kier alpha value is -0.760. The maximum absolute atomic E-state index is 6.07. The highest BCUT2D eigenvalue weighted by molar-refractivity contribution is 6.30. The summed E-state index contributed by atoms with van der Waals surface area (Å²) in [5.74, 6) is 0.532. The van der Waals surface area contributed by atoms with Gasteiger partial charge in [-0.15, -0.1) is 0 Å². The second kappa shape index (κ2) is 4.18. The molecule has 1 heterocycles. The molecule has 1 aliphatic rings. The first-order valence-electron chi connectivity index (χ1n) is 5.19. The number of pyridine rings is 1. The summed E-state index contributed by atoms with van der Waals surface area (Å²) in [6.07, 6.45) is 7.99. The zero-order chi connectivity index (χ0) is 9.97. The molecule has 0 radical (unpaired) electrons. The first-order chi connectivity index (χ1) is 6.79. The van der Waals surface area contributed by atoms with Gasteiger partial charge in [-0.2, -0.15) is 0 Å². The van der Waals surface area contributed by atoms with E-state index in [9.17, 15) is 0 Å². The van der Waals surface area contributed by atoms with E-state index in [0.29, 0.717) is 11.1 Å². The molecular weight excluding hydrogens is 196 g/mol. The minimum atomic E-state index is 0.532. The van der Waals surface area contributed by atoms with Crippen molar-refractivity contribution in [3.05, 3.63) is 23.0 Å². The highest BCUT2D eigenvalue weighted by atomic mass is 35.5. The van der Waals surface area contributed by atoms with Crippen molar-refractivity contribution in [3.63, 3.8) is 0 Å². The fraction of sp³-hybridized carbons (Fsp3) is 0.545. The lowest BCUT2D eigenvalue weighted by atomic mass is 9.84. The molecule has 0 aromatic carbocycles. The number of aromatic nitrogens is 1. The van der Waals surface area contributed by atoms with Gasteiger partial charge in [-0.05, 0) is 24.8 Å². The van der Waals surface area contributed by atoms with Crippen LogP contribution in [0.4, 0.5) is 5.69 Å². The Morgan fingerprint density at radius 1 is 1.29 bits per heavy atom. The molecule has 2 N–H and O–H groups in total. The third-order valence-corrected chi connectivity index (χ3v) is 3.29. The lowest BCUT2D eigenvalue weighted by Gasteiger charge is -2.23. The Morgan fingerprint density at radius 2 is 2.00 bits per heavy atom. The van der Waals surface area contributed by atoms with Crippen LogP contribution in [-0.4, -0.2) is 4.98 Å². The van der Waals surface area contributed by atoms with Crippen LogP contribution in [0.5, 0.6) is 0 Å². The SMILES string of the molecule is Nc1ccnc(Cl)c1C1CCCCC1. The smallest absolute Gasteiger partial charge is 0.134 e. The average Bonchev–Trinajstić information content (AvgIpc) is 2.19. The summed E-state index contributed by atoms with van der Waals surface area (Å²) in [7, 11) is 0. The van der Waals surface area contributed by atoms with Crippen LogP contribution in [0.3, 0.4) is 0 Å². The molecule has 1 aromatic heterocycles. The molecule has 2 rings (SSSR count). The molecule has 0 bridgehead atoms. The van der Waals surface area contributed by atoms with E-state index >= 15 is 0 Å². The first-order valence-corrected chi connectivity index (χ1v) is 5.56. The van der Waals surface area contributed by atoms with Crippen LogP contribution in [0.2, 0.25) is 5.15 Å². The predicted octanol–water partition coefficient (Wildman–Crippen LogP) is 3.36. The Kier molecular flexibility index (Phi) is 2.92. The van der Waals surface area contributed by atoms with Gasteiger partial charge in [0.15, 0.2) is 0 Å². The van der Waals surface area contributed by atoms with Gasteiger partial charge in [0.05, 0.1) is 0 Å². The van der Waals surface area contributed by atoms with E-state index in [2.05, 4.69) is 4.98 Å². The van der Waals surface area contributed by atoms with E-state index in [0.717, 1.165) is 11.3 Å². The summed E-state index contributed by atoms with van der Waals surface area (Å²) in [6, 6.07) is 1.84. The highest BCUT2D eigenvalue weighted by Crippen LogP contribution is 2.38. The molecule has 1 saturated carbocycles. The Labute approximate surface area is 89.5 Å². The van der Waals surface area contributed by atoms with Gasteiger partial charge < -0.3 is 5.73 Å². The molecule has 0 aliphatic heterocycles. The number of hydrogen-bond acceptors (Lipinski definition) is 2. The zero-order valence-electron chi connectivity index (χ0n) is 8.17. The van der Waals surface area contributed by atoms with E-state index < -0.39 is 0 Å². The minimum absolute atomic E-state index is 0.532. The fourth-order valence-corrected chi connectivity index (χ4v) is 2.58. The molecular formula is C11H15ClN2. The largest absolute Gasteiger partial charge is 0.398 e. The van der Waals surface area contributed by atoms with Crippen molar-refractivity contribution >= 4 is 17.3 Å². The lowest BCUT2D eigenvalue weighted by Crippen LogP contribution is -2.08. The second-order valence-electron chi connectivity index (χ2n) is 3.94. The molecule has 1 aliphatic carbocycles. The summed E-state index contributed by atoms with van der Waals surface area (Å²) in [5, 5.41) is 0.594. The van der Waals surface area contributed by atoms with E-state index in [1.807, 2.05) is 6.07 Å². The molecule has 14 heavy (non-hydrogen) atoms. The maximum atomic E-state index is 6.07. The van der Waals surface area contributed by atoms with E-state index in [-0.39, 0.29) is 0 Å². The molecule has 0 spiro atoms. The van der Waals surface area contributed by atoms with Crippen LogP contribution in [-0.2, 0) is 0 Å². The normalized spacial score (nSPS) is 18.4. The van der Waals surface area contributed by atoms with Crippen molar-refractivity contribution in [2.45, 2.75) is 38.0 Å². The predicted molar refractivity (Wildman–Crippen MR) is 59.5 cm³/mol. The lowest BCUT2D eigenvalue weighted by molar-refractivity contribution is 0.444. The zero-order valence-corrected chi connectivity index (χ0v) is 8.93. The molecule has 0 atom stereocenters. The third kappa shape index (κ3) is 1.85. The molecule has 0 saturated heterocycles. The quantitative estimate of drug-likeness (QED) is 0.722. The van der Waals surface area contributed by atoms with Crippen molar-refractivity contribution < 1.29 is 0 Å². The third-order valence-electron chi connectivity index (χ3n) is 2.99. The van der Waals surface area contributed by atoms with Crippen molar-refractivity contribution in [1.29, 1.82) is 0 Å². The second-order valence-corrected chi connectivity index (χ2v) is 4.30. The summed E-state index contributed by atoms with van der Waals surface area (Å²) in [6.45, 7) is 0. The Balaban J connectivity index is 2.29. The van der Waals surface area contributed by atoms with Gasteiger partial charge >= 0.3 is 0 Å². The molecule has 2 nitrogen and oxygen atoms in total. The van der Waals surface area contributed by atoms with Gasteiger partial charge in [-0.3, -0.25) is 0 Å². The molecule has 0 amide bonds. The van der Waals surface area contributed by atoms with E-state index in [1.54, 1.807) is 6.20 Å². The summed E-state index contributed by atoms with van der Waals surface area (Å²) in [5.41, 5.74) is 7.81.